The predicted octanol–water partition coefficient (Wildman–Crippen LogP) is 0.633. The molecule has 1 aromatic heterocycles. The monoisotopic (exact) mass is 315 g/mol. The molecule has 1 unspecified atom stereocenters. The van der Waals surface area contributed by atoms with Crippen LogP contribution in [0.15, 0.2) is 24.3 Å². The number of aromatic nitrogens is 2. The topological polar surface area (TPSA) is 104 Å². The molecule has 1 aliphatic rings. The maximum atomic E-state index is 12.2. The number of nitrogens with two attached hydrogens (primary N) is 1. The normalized spacial score (nSPS) is 17.6. The van der Waals surface area contributed by atoms with Crippen LogP contribution < -0.4 is 11.1 Å². The van der Waals surface area contributed by atoms with Crippen molar-refractivity contribution in [2.45, 2.75) is 25.3 Å². The second kappa shape index (κ2) is 6.78. The number of amides is 2. The van der Waals surface area contributed by atoms with Crippen LogP contribution in [0.5, 0.6) is 0 Å². The largest absolute Gasteiger partial charge is 0.350 e. The number of hydrogen-bond donors (Lipinski definition) is 3. The molecular formula is C16H21N5O2. The van der Waals surface area contributed by atoms with E-state index in [0.717, 1.165) is 30.3 Å². The van der Waals surface area contributed by atoms with E-state index < -0.39 is 0 Å². The number of rotatable bonds is 5. The Hall–Kier alpha value is -2.41. The van der Waals surface area contributed by atoms with Crippen molar-refractivity contribution in [2.24, 2.45) is 5.73 Å². The van der Waals surface area contributed by atoms with E-state index in [1.54, 1.807) is 0 Å². The average Bonchev–Trinajstić information content (AvgIpc) is 3.21. The Morgan fingerprint density at radius 2 is 2.22 bits per heavy atom. The maximum absolute atomic E-state index is 12.2. The lowest BCUT2D eigenvalue weighted by Crippen LogP contribution is -2.41. The molecule has 1 atom stereocenters. The van der Waals surface area contributed by atoms with Gasteiger partial charge in [-0.15, -0.1) is 0 Å². The molecule has 4 N–H and O–H groups in total. The van der Waals surface area contributed by atoms with Gasteiger partial charge < -0.3 is 16.0 Å². The van der Waals surface area contributed by atoms with Gasteiger partial charge in [-0.3, -0.25) is 14.7 Å². The van der Waals surface area contributed by atoms with Crippen molar-refractivity contribution in [3.05, 3.63) is 30.0 Å². The summed E-state index contributed by atoms with van der Waals surface area (Å²) in [6, 6.07) is 7.59. The lowest BCUT2D eigenvalue weighted by Gasteiger charge is -2.23. The molecule has 1 fully saturated rings. The average molecular weight is 315 g/mol. The Balaban J connectivity index is 1.54. The van der Waals surface area contributed by atoms with Crippen LogP contribution in [0.4, 0.5) is 0 Å². The van der Waals surface area contributed by atoms with Gasteiger partial charge in [-0.2, -0.15) is 5.10 Å². The molecule has 7 heteroatoms. The quantitative estimate of drug-likeness (QED) is 0.753. The molecule has 0 radical (unpaired) electrons. The van der Waals surface area contributed by atoms with Crippen molar-refractivity contribution < 1.29 is 9.59 Å². The van der Waals surface area contributed by atoms with Gasteiger partial charge in [-0.05, 0) is 18.9 Å². The van der Waals surface area contributed by atoms with E-state index in [1.165, 1.54) is 0 Å². The number of carbonyl (C=O) groups excluding carboxylic acids is 2. The Labute approximate surface area is 134 Å². The fourth-order valence-electron chi connectivity index (χ4n) is 3.06. The molecule has 3 rings (SSSR count). The summed E-state index contributed by atoms with van der Waals surface area (Å²) in [5.74, 6) is -0.225. The molecule has 1 aliphatic heterocycles. The van der Waals surface area contributed by atoms with Gasteiger partial charge in [0.25, 0.3) is 5.91 Å². The number of nitrogens with one attached hydrogen (secondary N) is 2. The molecule has 23 heavy (non-hydrogen) atoms. The molecule has 122 valence electrons. The van der Waals surface area contributed by atoms with Crippen LogP contribution in [0.1, 0.15) is 29.8 Å². The summed E-state index contributed by atoms with van der Waals surface area (Å²) in [5, 5.41) is 10.4. The molecule has 0 saturated carbocycles. The van der Waals surface area contributed by atoms with Crippen molar-refractivity contribution >= 4 is 22.7 Å². The Bertz CT molecular complexity index is 711. The summed E-state index contributed by atoms with van der Waals surface area (Å²) in [4.78, 5) is 26.2. The number of likely N-dealkylation sites (tertiary alicyclic amines) is 1. The summed E-state index contributed by atoms with van der Waals surface area (Å²) in [5.41, 5.74) is 6.85. The Morgan fingerprint density at radius 1 is 1.39 bits per heavy atom. The van der Waals surface area contributed by atoms with Crippen LogP contribution in [-0.2, 0) is 4.79 Å². The highest BCUT2D eigenvalue weighted by atomic mass is 16.2. The number of nitrogens with zero attached hydrogens (tertiary/aromatic N) is 2. The number of fused-ring (bicyclic) bond motifs is 1. The van der Waals surface area contributed by atoms with Crippen LogP contribution in [-0.4, -0.2) is 52.6 Å². The third-order valence-corrected chi connectivity index (χ3v) is 4.28. The van der Waals surface area contributed by atoms with Crippen molar-refractivity contribution in [3.8, 4) is 0 Å². The summed E-state index contributed by atoms with van der Waals surface area (Å²) in [7, 11) is 0. The van der Waals surface area contributed by atoms with E-state index >= 15 is 0 Å². The van der Waals surface area contributed by atoms with E-state index in [4.69, 9.17) is 5.73 Å². The summed E-state index contributed by atoms with van der Waals surface area (Å²) < 4.78 is 0. The zero-order chi connectivity index (χ0) is 16.2. The zero-order valence-electron chi connectivity index (χ0n) is 12.9. The van der Waals surface area contributed by atoms with Gasteiger partial charge in [0.2, 0.25) is 5.91 Å². The van der Waals surface area contributed by atoms with Crippen molar-refractivity contribution in [2.75, 3.05) is 19.6 Å². The fourth-order valence-corrected chi connectivity index (χ4v) is 3.06. The van der Waals surface area contributed by atoms with Crippen molar-refractivity contribution in [3.63, 3.8) is 0 Å². The molecule has 0 bridgehead atoms. The molecular weight excluding hydrogens is 294 g/mol. The second-order valence-corrected chi connectivity index (χ2v) is 5.74. The SMILES string of the molecule is NCC1CCCN1C(=O)CCNC(=O)c1n[nH]c2ccccc12. The molecule has 0 spiro atoms. The van der Waals surface area contributed by atoms with Crippen LogP contribution in [0.25, 0.3) is 10.9 Å². The van der Waals surface area contributed by atoms with E-state index in [9.17, 15) is 9.59 Å². The summed E-state index contributed by atoms with van der Waals surface area (Å²) in [6.07, 6.45) is 2.25. The predicted molar refractivity (Wildman–Crippen MR) is 86.8 cm³/mol. The molecule has 1 aromatic carbocycles. The number of H-pyrrole nitrogens is 1. The maximum Gasteiger partial charge on any atom is 0.272 e. The lowest BCUT2D eigenvalue weighted by atomic mass is 10.2. The molecule has 2 aromatic rings. The van der Waals surface area contributed by atoms with Crippen LogP contribution in [0.3, 0.4) is 0 Å². The standard InChI is InChI=1S/C16H21N5O2/c17-10-11-4-3-9-21(11)14(22)7-8-18-16(23)15-12-5-1-2-6-13(12)19-20-15/h1-2,5-6,11H,3-4,7-10,17H2,(H,18,23)(H,19,20). The fraction of sp³-hybridized carbons (Fsp3) is 0.438. The highest BCUT2D eigenvalue weighted by Crippen LogP contribution is 2.17. The van der Waals surface area contributed by atoms with E-state index in [1.807, 2.05) is 29.2 Å². The third-order valence-electron chi connectivity index (χ3n) is 4.28. The first kappa shape index (κ1) is 15.5. The third kappa shape index (κ3) is 3.19. The van der Waals surface area contributed by atoms with Crippen LogP contribution >= 0.6 is 0 Å². The smallest absolute Gasteiger partial charge is 0.272 e. The van der Waals surface area contributed by atoms with E-state index in [0.29, 0.717) is 18.8 Å². The number of para-hydroxylation sites is 1. The van der Waals surface area contributed by atoms with E-state index in [-0.39, 0.29) is 24.3 Å². The Morgan fingerprint density at radius 3 is 3.04 bits per heavy atom. The van der Waals surface area contributed by atoms with Gasteiger partial charge in [0, 0.05) is 37.5 Å². The van der Waals surface area contributed by atoms with Crippen molar-refractivity contribution in [1.29, 1.82) is 0 Å². The number of hydrogen-bond acceptors (Lipinski definition) is 4. The molecule has 0 aliphatic carbocycles. The number of carbonyl (C=O) groups is 2. The van der Waals surface area contributed by atoms with Gasteiger partial charge in [-0.25, -0.2) is 0 Å². The minimum Gasteiger partial charge on any atom is -0.350 e. The minimum atomic E-state index is -0.271. The van der Waals surface area contributed by atoms with Gasteiger partial charge in [0.15, 0.2) is 5.69 Å². The first-order valence-corrected chi connectivity index (χ1v) is 7.91. The molecule has 7 nitrogen and oxygen atoms in total. The number of benzene rings is 1. The first-order valence-electron chi connectivity index (χ1n) is 7.91. The van der Waals surface area contributed by atoms with Crippen molar-refractivity contribution in [1.82, 2.24) is 20.4 Å². The molecule has 1 saturated heterocycles. The van der Waals surface area contributed by atoms with Crippen LogP contribution in [0.2, 0.25) is 0 Å². The first-order chi connectivity index (χ1) is 11.2. The van der Waals surface area contributed by atoms with Gasteiger partial charge >= 0.3 is 0 Å². The van der Waals surface area contributed by atoms with E-state index in [2.05, 4.69) is 15.5 Å². The summed E-state index contributed by atoms with van der Waals surface area (Å²) >= 11 is 0. The minimum absolute atomic E-state index is 0.0464. The second-order valence-electron chi connectivity index (χ2n) is 5.74. The van der Waals surface area contributed by atoms with Gasteiger partial charge in [-0.1, -0.05) is 18.2 Å². The highest BCUT2D eigenvalue weighted by molar-refractivity contribution is 6.04. The van der Waals surface area contributed by atoms with Crippen LogP contribution in [0, 0.1) is 0 Å². The molecule has 2 heterocycles. The van der Waals surface area contributed by atoms with Gasteiger partial charge in [0.1, 0.15) is 0 Å². The summed E-state index contributed by atoms with van der Waals surface area (Å²) in [6.45, 7) is 1.56. The lowest BCUT2D eigenvalue weighted by molar-refractivity contribution is -0.131. The zero-order valence-corrected chi connectivity index (χ0v) is 12.9. The molecule has 2 amide bonds. The van der Waals surface area contributed by atoms with Gasteiger partial charge in [0.05, 0.1) is 5.52 Å². The Kier molecular flexibility index (Phi) is 4.57. The highest BCUT2D eigenvalue weighted by Gasteiger charge is 2.27. The number of aromatic amines is 1.